The van der Waals surface area contributed by atoms with E-state index in [0.717, 1.165) is 27.7 Å². The van der Waals surface area contributed by atoms with E-state index in [1.165, 1.54) is 0 Å². The van der Waals surface area contributed by atoms with Crippen LogP contribution in [-0.4, -0.2) is 49.2 Å². The van der Waals surface area contributed by atoms with E-state index in [2.05, 4.69) is 5.32 Å². The minimum absolute atomic E-state index is 0.108. The van der Waals surface area contributed by atoms with Crippen molar-refractivity contribution in [2.45, 2.75) is 38.2 Å². The molecule has 3 amide bonds. The van der Waals surface area contributed by atoms with Crippen LogP contribution < -0.4 is 24.3 Å². The fraction of sp³-hybridized carbons (Fsp3) is 0.229. The summed E-state index contributed by atoms with van der Waals surface area (Å²) in [5.74, 6) is 0.691. The standard InChI is InChI=1S/C35H31ClN2O8/c1-42-24-11-7-21(8-12-24)19-44-30-16-15-29(31(36)32(30)45-20-22-9-13-25(43-2)14-10-22)33(39)37-23-17-26(18-23)46-38-34(40)27-5-3-4-6-28(27)35(38)41/h3-16,23,26H,17-20H2,1-2H3,(H,37,39)/t23-,26-. The van der Waals surface area contributed by atoms with Crippen LogP contribution in [-0.2, 0) is 18.1 Å². The Hall–Kier alpha value is -5.06. The van der Waals surface area contributed by atoms with E-state index in [1.54, 1.807) is 50.6 Å². The molecule has 1 heterocycles. The fourth-order valence-corrected chi connectivity index (χ4v) is 5.46. The predicted octanol–water partition coefficient (Wildman–Crippen LogP) is 6.00. The monoisotopic (exact) mass is 642 g/mol. The third-order valence-corrected chi connectivity index (χ3v) is 8.22. The second kappa shape index (κ2) is 13.5. The first-order valence-electron chi connectivity index (χ1n) is 14.6. The Balaban J connectivity index is 1.11. The molecule has 1 aliphatic carbocycles. The van der Waals surface area contributed by atoms with Gasteiger partial charge in [0.2, 0.25) is 0 Å². The van der Waals surface area contributed by atoms with Crippen molar-refractivity contribution in [1.82, 2.24) is 10.4 Å². The quantitative estimate of drug-likeness (QED) is 0.187. The number of hydrogen-bond acceptors (Lipinski definition) is 8. The zero-order valence-corrected chi connectivity index (χ0v) is 25.9. The van der Waals surface area contributed by atoms with E-state index in [-0.39, 0.29) is 35.6 Å². The van der Waals surface area contributed by atoms with E-state index < -0.39 is 23.8 Å². The average molecular weight is 643 g/mol. The number of methoxy groups -OCH3 is 2. The van der Waals surface area contributed by atoms with Crippen LogP contribution in [0.1, 0.15) is 55.0 Å². The molecule has 0 spiro atoms. The molecule has 1 N–H and O–H groups in total. The highest BCUT2D eigenvalue weighted by Crippen LogP contribution is 2.39. The molecular formula is C35H31ClN2O8. The third-order valence-electron chi connectivity index (χ3n) is 7.84. The Kier molecular flexibility index (Phi) is 9.09. The van der Waals surface area contributed by atoms with E-state index >= 15 is 0 Å². The summed E-state index contributed by atoms with van der Waals surface area (Å²) < 4.78 is 22.7. The summed E-state index contributed by atoms with van der Waals surface area (Å²) in [7, 11) is 3.20. The molecule has 2 aliphatic rings. The molecule has 0 bridgehead atoms. The minimum atomic E-state index is -0.490. The van der Waals surface area contributed by atoms with Gasteiger partial charge in [0, 0.05) is 6.04 Å². The van der Waals surface area contributed by atoms with Crippen molar-refractivity contribution in [3.05, 3.63) is 118 Å². The number of hydroxylamine groups is 2. The number of benzene rings is 4. The zero-order chi connectivity index (χ0) is 32.2. The summed E-state index contributed by atoms with van der Waals surface area (Å²) in [4.78, 5) is 44.3. The third kappa shape index (κ3) is 6.49. The molecule has 1 aliphatic heterocycles. The number of carbonyl (C=O) groups is 3. The van der Waals surface area contributed by atoms with Gasteiger partial charge in [0.1, 0.15) is 24.7 Å². The molecular weight excluding hydrogens is 612 g/mol. The Morgan fingerprint density at radius 2 is 1.33 bits per heavy atom. The first kappa shape index (κ1) is 30.9. The molecule has 0 atom stereocenters. The summed E-state index contributed by atoms with van der Waals surface area (Å²) in [5, 5.41) is 3.87. The molecule has 4 aromatic rings. The lowest BCUT2D eigenvalue weighted by Crippen LogP contribution is -2.50. The largest absolute Gasteiger partial charge is 0.497 e. The van der Waals surface area contributed by atoms with Gasteiger partial charge < -0.3 is 24.3 Å². The molecule has 10 nitrogen and oxygen atoms in total. The summed E-state index contributed by atoms with van der Waals surface area (Å²) in [5.41, 5.74) is 2.61. The van der Waals surface area contributed by atoms with Gasteiger partial charge in [-0.2, -0.15) is 0 Å². The number of halogens is 1. The van der Waals surface area contributed by atoms with Crippen LogP contribution in [0.5, 0.6) is 23.0 Å². The van der Waals surface area contributed by atoms with E-state index in [4.69, 9.17) is 35.4 Å². The lowest BCUT2D eigenvalue weighted by molar-refractivity contribution is -0.160. The average Bonchev–Trinajstić information content (AvgIpc) is 3.31. The van der Waals surface area contributed by atoms with Crippen LogP contribution in [0.2, 0.25) is 5.02 Å². The van der Waals surface area contributed by atoms with Gasteiger partial charge in [-0.05, 0) is 72.5 Å². The highest BCUT2D eigenvalue weighted by Gasteiger charge is 2.41. The van der Waals surface area contributed by atoms with E-state index in [9.17, 15) is 14.4 Å². The maximum absolute atomic E-state index is 13.3. The summed E-state index contributed by atoms with van der Waals surface area (Å²) in [6, 6.07) is 24.5. The number of hydrogen-bond donors (Lipinski definition) is 1. The first-order chi connectivity index (χ1) is 22.3. The molecule has 236 valence electrons. The number of fused-ring (bicyclic) bond motifs is 1. The van der Waals surface area contributed by atoms with Gasteiger partial charge in [0.05, 0.1) is 42.0 Å². The van der Waals surface area contributed by atoms with Crippen molar-refractivity contribution in [2.75, 3.05) is 14.2 Å². The topological polar surface area (TPSA) is 113 Å². The van der Waals surface area contributed by atoms with Crippen LogP contribution >= 0.6 is 11.6 Å². The van der Waals surface area contributed by atoms with Crippen molar-refractivity contribution in [2.24, 2.45) is 0 Å². The fourth-order valence-electron chi connectivity index (χ4n) is 5.17. The summed E-state index contributed by atoms with van der Waals surface area (Å²) >= 11 is 6.80. The number of ether oxygens (including phenoxy) is 4. The molecule has 0 unspecified atom stereocenters. The smallest absolute Gasteiger partial charge is 0.285 e. The van der Waals surface area contributed by atoms with Crippen molar-refractivity contribution in [1.29, 1.82) is 0 Å². The second-order valence-electron chi connectivity index (χ2n) is 10.8. The van der Waals surface area contributed by atoms with Gasteiger partial charge >= 0.3 is 0 Å². The molecule has 1 saturated carbocycles. The van der Waals surface area contributed by atoms with Gasteiger partial charge in [-0.15, -0.1) is 5.06 Å². The van der Waals surface area contributed by atoms with Gasteiger partial charge in [-0.25, -0.2) is 0 Å². The number of amides is 3. The summed E-state index contributed by atoms with van der Waals surface area (Å²) in [6.45, 7) is 0.411. The van der Waals surface area contributed by atoms with Crippen LogP contribution in [0.15, 0.2) is 84.9 Å². The Morgan fingerprint density at radius 1 is 0.783 bits per heavy atom. The predicted molar refractivity (Wildman–Crippen MR) is 168 cm³/mol. The van der Waals surface area contributed by atoms with Crippen molar-refractivity contribution in [3.8, 4) is 23.0 Å². The molecule has 4 aromatic carbocycles. The van der Waals surface area contributed by atoms with E-state index in [1.807, 2.05) is 48.5 Å². The number of nitrogens with one attached hydrogen (secondary N) is 1. The second-order valence-corrected chi connectivity index (χ2v) is 11.2. The Bertz CT molecular complexity index is 1720. The van der Waals surface area contributed by atoms with Crippen molar-refractivity contribution < 1.29 is 38.2 Å². The SMILES string of the molecule is COc1ccc(COc2ccc(C(=O)N[C@H]3C[C@H](ON4C(=O)c5ccccc5C4=O)C3)c(Cl)c2OCc2ccc(OC)cc2)cc1. The number of rotatable bonds is 12. The number of carbonyl (C=O) groups excluding carboxylic acids is 3. The molecule has 0 radical (unpaired) electrons. The molecule has 0 aromatic heterocycles. The number of imide groups is 1. The van der Waals surface area contributed by atoms with Crippen LogP contribution in [0.4, 0.5) is 0 Å². The van der Waals surface area contributed by atoms with Crippen LogP contribution in [0.3, 0.4) is 0 Å². The van der Waals surface area contributed by atoms with Crippen LogP contribution in [0, 0.1) is 0 Å². The lowest BCUT2D eigenvalue weighted by atomic mass is 9.89. The van der Waals surface area contributed by atoms with Gasteiger partial charge in [-0.1, -0.05) is 48.0 Å². The van der Waals surface area contributed by atoms with Gasteiger partial charge in [-0.3, -0.25) is 19.2 Å². The lowest BCUT2D eigenvalue weighted by Gasteiger charge is -2.36. The maximum Gasteiger partial charge on any atom is 0.285 e. The Morgan fingerprint density at radius 3 is 1.87 bits per heavy atom. The highest BCUT2D eigenvalue weighted by molar-refractivity contribution is 6.35. The first-order valence-corrected chi connectivity index (χ1v) is 15.0. The molecule has 11 heteroatoms. The molecule has 0 saturated heterocycles. The van der Waals surface area contributed by atoms with Gasteiger partial charge in [0.15, 0.2) is 11.5 Å². The van der Waals surface area contributed by atoms with Gasteiger partial charge in [0.25, 0.3) is 17.7 Å². The van der Waals surface area contributed by atoms with E-state index in [0.29, 0.717) is 29.7 Å². The zero-order valence-electron chi connectivity index (χ0n) is 25.2. The molecule has 46 heavy (non-hydrogen) atoms. The Labute approximate surface area is 270 Å². The highest BCUT2D eigenvalue weighted by atomic mass is 35.5. The summed E-state index contributed by atoms with van der Waals surface area (Å²) in [6.07, 6.45) is 0.432. The maximum atomic E-state index is 13.3. The van der Waals surface area contributed by atoms with Crippen LogP contribution in [0.25, 0.3) is 0 Å². The normalized spacial score (nSPS) is 16.8. The molecule has 1 fully saturated rings. The number of nitrogens with zero attached hydrogens (tertiary/aromatic N) is 1. The minimum Gasteiger partial charge on any atom is -0.497 e. The van der Waals surface area contributed by atoms with Crippen molar-refractivity contribution >= 4 is 29.3 Å². The molecule has 6 rings (SSSR count). The van der Waals surface area contributed by atoms with Crippen molar-refractivity contribution in [3.63, 3.8) is 0 Å².